The van der Waals surface area contributed by atoms with Crippen molar-refractivity contribution < 1.29 is 25.0 Å². The standard InChI is InChI=1S/C25H37NO5/c1-5-6-11-31-26-15(2)16-8-10-25(30)18-12-20(27)19-13-21(28)22(29)14-23(19,3)17(18)7-9-24(16,25)4/h5,12,16-17,19,21-22,28-30H,1,6-11,13-14H2,2-4H3/t16-,17?,19+,21-,22+,23-,24-,25-/m1/s1. The molecule has 3 fully saturated rings. The summed E-state index contributed by atoms with van der Waals surface area (Å²) in [6, 6.07) is 0. The Kier molecular flexibility index (Phi) is 5.72. The fourth-order valence-electron chi connectivity index (χ4n) is 7.39. The molecule has 0 aromatic carbocycles. The molecule has 0 heterocycles. The third kappa shape index (κ3) is 3.25. The Morgan fingerprint density at radius 3 is 2.71 bits per heavy atom. The molecule has 4 rings (SSSR count). The Bertz CT molecular complexity index is 821. The van der Waals surface area contributed by atoms with E-state index in [9.17, 15) is 20.1 Å². The topological polar surface area (TPSA) is 99.4 Å². The number of nitrogens with zero attached hydrogens (tertiary/aromatic N) is 1. The molecule has 0 aromatic heterocycles. The van der Waals surface area contributed by atoms with Gasteiger partial charge in [0.2, 0.25) is 0 Å². The van der Waals surface area contributed by atoms with Crippen molar-refractivity contribution in [3.05, 3.63) is 24.3 Å². The summed E-state index contributed by atoms with van der Waals surface area (Å²) in [6.45, 7) is 10.4. The van der Waals surface area contributed by atoms with Crippen LogP contribution in [0.5, 0.6) is 0 Å². The summed E-state index contributed by atoms with van der Waals surface area (Å²) in [5.41, 5.74) is -0.184. The van der Waals surface area contributed by atoms with Gasteiger partial charge in [0.05, 0.1) is 23.5 Å². The Morgan fingerprint density at radius 1 is 1.26 bits per heavy atom. The molecule has 0 spiro atoms. The van der Waals surface area contributed by atoms with Crippen LogP contribution in [-0.4, -0.2) is 51.2 Å². The zero-order valence-electron chi connectivity index (χ0n) is 19.0. The normalized spacial score (nSPS) is 47.2. The van der Waals surface area contributed by atoms with E-state index in [-0.39, 0.29) is 23.5 Å². The Balaban J connectivity index is 1.66. The van der Waals surface area contributed by atoms with Gasteiger partial charge < -0.3 is 20.2 Å². The molecule has 8 atom stereocenters. The summed E-state index contributed by atoms with van der Waals surface area (Å²) in [4.78, 5) is 18.6. The molecule has 0 bridgehead atoms. The third-order valence-corrected chi connectivity index (χ3v) is 9.24. The molecule has 4 aliphatic rings. The molecule has 0 aromatic rings. The van der Waals surface area contributed by atoms with Crippen molar-refractivity contribution in [1.29, 1.82) is 0 Å². The second kappa shape index (κ2) is 7.82. The van der Waals surface area contributed by atoms with Gasteiger partial charge in [-0.25, -0.2) is 0 Å². The number of rotatable bonds is 5. The molecule has 0 radical (unpaired) electrons. The van der Waals surface area contributed by atoms with E-state index in [1.165, 1.54) is 0 Å². The lowest BCUT2D eigenvalue weighted by atomic mass is 9.46. The molecular formula is C25H37NO5. The van der Waals surface area contributed by atoms with Gasteiger partial charge in [-0.15, -0.1) is 6.58 Å². The van der Waals surface area contributed by atoms with Gasteiger partial charge in [0, 0.05) is 23.7 Å². The summed E-state index contributed by atoms with van der Waals surface area (Å²) in [7, 11) is 0. The number of oxime groups is 1. The lowest BCUT2D eigenvalue weighted by Crippen LogP contribution is -2.60. The van der Waals surface area contributed by atoms with E-state index in [1.807, 2.05) is 6.92 Å². The summed E-state index contributed by atoms with van der Waals surface area (Å²) < 4.78 is 0. The number of carbonyl (C=O) groups excluding carboxylic acids is 1. The number of hydrogen-bond acceptors (Lipinski definition) is 6. The van der Waals surface area contributed by atoms with E-state index in [1.54, 1.807) is 12.2 Å². The van der Waals surface area contributed by atoms with Crippen LogP contribution in [-0.2, 0) is 9.63 Å². The Hall–Kier alpha value is -1.50. The number of aliphatic hydroxyl groups is 3. The molecule has 3 N–H and O–H groups in total. The molecule has 31 heavy (non-hydrogen) atoms. The first-order valence-corrected chi connectivity index (χ1v) is 11.7. The van der Waals surface area contributed by atoms with Gasteiger partial charge >= 0.3 is 0 Å². The van der Waals surface area contributed by atoms with Gasteiger partial charge in [0.25, 0.3) is 0 Å². The number of carbonyl (C=O) groups is 1. The van der Waals surface area contributed by atoms with E-state index < -0.39 is 28.6 Å². The lowest BCUT2D eigenvalue weighted by molar-refractivity contribution is -0.151. The van der Waals surface area contributed by atoms with Crippen LogP contribution in [0.2, 0.25) is 0 Å². The molecule has 3 saturated carbocycles. The van der Waals surface area contributed by atoms with Crippen LogP contribution < -0.4 is 0 Å². The molecule has 4 aliphatic carbocycles. The second-order valence-corrected chi connectivity index (χ2v) is 10.7. The highest BCUT2D eigenvalue weighted by Crippen LogP contribution is 2.67. The average molecular weight is 432 g/mol. The molecule has 172 valence electrons. The highest BCUT2D eigenvalue weighted by Gasteiger charge is 2.66. The first-order chi connectivity index (χ1) is 14.6. The first kappa shape index (κ1) is 22.7. The first-order valence-electron chi connectivity index (χ1n) is 11.7. The van der Waals surface area contributed by atoms with Gasteiger partial charge in [0.15, 0.2) is 5.78 Å². The average Bonchev–Trinajstić information content (AvgIpc) is 2.99. The maximum Gasteiger partial charge on any atom is 0.159 e. The maximum absolute atomic E-state index is 13.2. The molecule has 6 heteroatoms. The molecule has 0 saturated heterocycles. The van der Waals surface area contributed by atoms with Crippen molar-refractivity contribution in [2.24, 2.45) is 33.7 Å². The van der Waals surface area contributed by atoms with E-state index in [0.29, 0.717) is 25.9 Å². The highest BCUT2D eigenvalue weighted by atomic mass is 16.6. The van der Waals surface area contributed by atoms with Crippen molar-refractivity contribution in [3.8, 4) is 0 Å². The van der Waals surface area contributed by atoms with Crippen LogP contribution in [0, 0.1) is 28.6 Å². The van der Waals surface area contributed by atoms with Crippen molar-refractivity contribution in [2.75, 3.05) is 6.61 Å². The van der Waals surface area contributed by atoms with E-state index in [4.69, 9.17) is 4.84 Å². The van der Waals surface area contributed by atoms with Gasteiger partial charge in [-0.05, 0) is 68.4 Å². The molecule has 0 aliphatic heterocycles. The molecule has 0 amide bonds. The summed E-state index contributed by atoms with van der Waals surface area (Å²) in [5, 5.41) is 37.0. The van der Waals surface area contributed by atoms with Crippen molar-refractivity contribution in [3.63, 3.8) is 0 Å². The minimum absolute atomic E-state index is 0.0148. The number of aliphatic hydroxyl groups excluding tert-OH is 2. The highest BCUT2D eigenvalue weighted by molar-refractivity contribution is 5.95. The van der Waals surface area contributed by atoms with E-state index in [2.05, 4.69) is 25.6 Å². The number of ketones is 1. The van der Waals surface area contributed by atoms with Crippen molar-refractivity contribution in [2.45, 2.75) is 83.5 Å². The second-order valence-electron chi connectivity index (χ2n) is 10.7. The minimum atomic E-state index is -1.07. The van der Waals surface area contributed by atoms with Crippen LogP contribution in [0.25, 0.3) is 0 Å². The Morgan fingerprint density at radius 2 is 2.00 bits per heavy atom. The quantitative estimate of drug-likeness (QED) is 0.269. The predicted molar refractivity (Wildman–Crippen MR) is 118 cm³/mol. The fraction of sp³-hybridized carbons (Fsp3) is 0.760. The largest absolute Gasteiger partial charge is 0.396 e. The minimum Gasteiger partial charge on any atom is -0.396 e. The predicted octanol–water partition coefficient (Wildman–Crippen LogP) is 3.16. The van der Waals surface area contributed by atoms with Crippen molar-refractivity contribution >= 4 is 11.5 Å². The third-order valence-electron chi connectivity index (χ3n) is 9.24. The zero-order valence-corrected chi connectivity index (χ0v) is 19.0. The summed E-state index contributed by atoms with van der Waals surface area (Å²) in [5.74, 6) is -0.192. The van der Waals surface area contributed by atoms with Gasteiger partial charge in [-0.2, -0.15) is 0 Å². The number of hydrogen-bond donors (Lipinski definition) is 3. The van der Waals surface area contributed by atoms with Gasteiger partial charge in [0.1, 0.15) is 6.61 Å². The van der Waals surface area contributed by atoms with Crippen LogP contribution >= 0.6 is 0 Å². The Labute approximate surface area is 185 Å². The van der Waals surface area contributed by atoms with Crippen LogP contribution in [0.1, 0.15) is 65.7 Å². The maximum atomic E-state index is 13.2. The lowest BCUT2D eigenvalue weighted by Gasteiger charge is -2.59. The summed E-state index contributed by atoms with van der Waals surface area (Å²) in [6.07, 6.45) is 6.29. The van der Waals surface area contributed by atoms with Crippen LogP contribution in [0.4, 0.5) is 0 Å². The van der Waals surface area contributed by atoms with Crippen LogP contribution in [0.3, 0.4) is 0 Å². The van der Waals surface area contributed by atoms with Gasteiger partial charge in [-0.3, -0.25) is 4.79 Å². The molecule has 1 unspecified atom stereocenters. The fourth-order valence-corrected chi connectivity index (χ4v) is 7.39. The number of allylic oxidation sites excluding steroid dienone is 1. The number of fused-ring (bicyclic) bond motifs is 5. The zero-order chi connectivity index (χ0) is 22.6. The van der Waals surface area contributed by atoms with Crippen LogP contribution in [0.15, 0.2) is 29.5 Å². The smallest absolute Gasteiger partial charge is 0.159 e. The van der Waals surface area contributed by atoms with E-state index >= 15 is 0 Å². The van der Waals surface area contributed by atoms with Crippen molar-refractivity contribution in [1.82, 2.24) is 0 Å². The SMILES string of the molecule is C=CCCON=C(C)[C@H]1CC[C@@]2(O)C3=CC(=O)[C@@H]4C[C@@H](O)[C@@H](O)C[C@]4(C)C3CC[C@]12C. The molecular weight excluding hydrogens is 394 g/mol. The van der Waals surface area contributed by atoms with Gasteiger partial charge in [-0.1, -0.05) is 25.1 Å². The van der Waals surface area contributed by atoms with E-state index in [0.717, 1.165) is 37.0 Å². The monoisotopic (exact) mass is 431 g/mol. The summed E-state index contributed by atoms with van der Waals surface area (Å²) >= 11 is 0. The molecule has 6 nitrogen and oxygen atoms in total.